The number of alkyl carbamates (subject to hydrolysis) is 1. The fourth-order valence-corrected chi connectivity index (χ4v) is 1.39. The molecule has 1 amide bonds. The number of nitrogens with zero attached hydrogens (tertiary/aromatic N) is 3. The number of H-pyrrole nitrogens is 1. The number of nitrogens with one attached hydrogen (secondary N) is 2. The van der Waals surface area contributed by atoms with Gasteiger partial charge in [0.05, 0.1) is 6.54 Å². The lowest BCUT2D eigenvalue weighted by Crippen LogP contribution is -2.34. The second-order valence-electron chi connectivity index (χ2n) is 5.56. The third kappa shape index (κ3) is 5.43. The molecule has 1 heterocycles. The predicted octanol–water partition coefficient (Wildman–Crippen LogP) is 0.0203. The van der Waals surface area contributed by atoms with E-state index in [0.29, 0.717) is 0 Å². The van der Waals surface area contributed by atoms with Crippen molar-refractivity contribution in [2.75, 3.05) is 18.6 Å². The Bertz CT molecular complexity index is 637. The van der Waals surface area contributed by atoms with E-state index in [2.05, 4.69) is 15.4 Å². The maximum atomic E-state index is 11.5. The fraction of sp³-hybridized carbons (Fsp3) is 0.538. The number of aromatic nitrogens is 2. The highest BCUT2D eigenvalue weighted by Crippen LogP contribution is 2.06. The standard InChI is InChI=1S/C13H21N5O4/c1-13(2,3)22-12(21)14-6-7-15-18(5)9-8-10(19)17(4)11(20)16-9/h7-8H,6H2,1-5H3,(H,14,21)(H,16,20). The molecule has 0 aromatic carbocycles. The highest BCUT2D eigenvalue weighted by molar-refractivity contribution is 5.73. The molecule has 0 aliphatic carbocycles. The molecule has 22 heavy (non-hydrogen) atoms. The predicted molar refractivity (Wildman–Crippen MR) is 83.4 cm³/mol. The van der Waals surface area contributed by atoms with Crippen LogP contribution in [0.4, 0.5) is 10.6 Å². The van der Waals surface area contributed by atoms with Gasteiger partial charge in [-0.1, -0.05) is 0 Å². The second-order valence-corrected chi connectivity index (χ2v) is 5.56. The number of ether oxygens (including phenoxy) is 1. The van der Waals surface area contributed by atoms with E-state index in [1.165, 1.54) is 24.3 Å². The molecule has 9 heteroatoms. The molecule has 0 atom stereocenters. The van der Waals surface area contributed by atoms with Gasteiger partial charge in [0.2, 0.25) is 0 Å². The number of carbonyl (C=O) groups is 1. The quantitative estimate of drug-likeness (QED) is 0.602. The van der Waals surface area contributed by atoms with Gasteiger partial charge in [-0.25, -0.2) is 9.59 Å². The van der Waals surface area contributed by atoms with Gasteiger partial charge in [-0.2, -0.15) is 5.10 Å². The van der Waals surface area contributed by atoms with Crippen LogP contribution in [0.2, 0.25) is 0 Å². The van der Waals surface area contributed by atoms with Crippen molar-refractivity contribution >= 4 is 18.1 Å². The van der Waals surface area contributed by atoms with Gasteiger partial charge in [-0.15, -0.1) is 0 Å². The van der Waals surface area contributed by atoms with Crippen molar-refractivity contribution in [2.24, 2.45) is 12.1 Å². The van der Waals surface area contributed by atoms with E-state index in [4.69, 9.17) is 4.74 Å². The van der Waals surface area contributed by atoms with Crippen LogP contribution in [-0.4, -0.2) is 41.1 Å². The summed E-state index contributed by atoms with van der Waals surface area (Å²) in [6.45, 7) is 5.44. The molecule has 0 unspecified atom stereocenters. The Morgan fingerprint density at radius 3 is 2.68 bits per heavy atom. The van der Waals surface area contributed by atoms with E-state index in [9.17, 15) is 14.4 Å². The van der Waals surface area contributed by atoms with Gasteiger partial charge in [0.25, 0.3) is 5.56 Å². The topological polar surface area (TPSA) is 109 Å². The van der Waals surface area contributed by atoms with Crippen LogP contribution < -0.4 is 21.6 Å². The lowest BCUT2D eigenvalue weighted by molar-refractivity contribution is 0.0536. The average Bonchev–Trinajstić information content (AvgIpc) is 2.38. The normalized spacial score (nSPS) is 11.5. The summed E-state index contributed by atoms with van der Waals surface area (Å²) in [5, 5.41) is 7.82. The van der Waals surface area contributed by atoms with Crippen molar-refractivity contribution < 1.29 is 9.53 Å². The van der Waals surface area contributed by atoms with Gasteiger partial charge < -0.3 is 10.1 Å². The summed E-state index contributed by atoms with van der Waals surface area (Å²) in [6.07, 6.45) is 0.864. The SMILES string of the molecule is CN(N=CCNC(=O)OC(C)(C)C)c1cc(=O)n(C)c(=O)[nH]1. The van der Waals surface area contributed by atoms with Crippen LogP contribution in [0.15, 0.2) is 20.8 Å². The van der Waals surface area contributed by atoms with Gasteiger partial charge >= 0.3 is 11.8 Å². The number of hydrazone groups is 1. The minimum Gasteiger partial charge on any atom is -0.444 e. The number of hydrogen-bond acceptors (Lipinski definition) is 6. The molecule has 0 bridgehead atoms. The molecular weight excluding hydrogens is 290 g/mol. The van der Waals surface area contributed by atoms with Crippen LogP contribution in [0.25, 0.3) is 0 Å². The van der Waals surface area contributed by atoms with Crippen molar-refractivity contribution in [2.45, 2.75) is 26.4 Å². The molecule has 0 saturated heterocycles. The molecule has 0 radical (unpaired) electrons. The number of hydrogen-bond donors (Lipinski definition) is 2. The van der Waals surface area contributed by atoms with Crippen LogP contribution >= 0.6 is 0 Å². The van der Waals surface area contributed by atoms with E-state index in [-0.39, 0.29) is 12.4 Å². The first kappa shape index (κ1) is 17.5. The first-order chi connectivity index (χ1) is 10.1. The Labute approximate surface area is 127 Å². The van der Waals surface area contributed by atoms with Crippen LogP contribution in [0.5, 0.6) is 0 Å². The smallest absolute Gasteiger partial charge is 0.407 e. The number of amides is 1. The lowest BCUT2D eigenvalue weighted by Gasteiger charge is -2.19. The number of anilines is 1. The molecular formula is C13H21N5O4. The van der Waals surface area contributed by atoms with Gasteiger partial charge in [-0.05, 0) is 20.8 Å². The lowest BCUT2D eigenvalue weighted by atomic mass is 10.2. The van der Waals surface area contributed by atoms with Crippen molar-refractivity contribution in [3.05, 3.63) is 26.9 Å². The summed E-state index contributed by atoms with van der Waals surface area (Å²) in [6, 6.07) is 1.25. The Morgan fingerprint density at radius 2 is 2.14 bits per heavy atom. The molecule has 0 aliphatic rings. The second kappa shape index (κ2) is 6.92. The summed E-state index contributed by atoms with van der Waals surface area (Å²) in [7, 11) is 2.94. The first-order valence-electron chi connectivity index (χ1n) is 6.63. The van der Waals surface area contributed by atoms with E-state index in [0.717, 1.165) is 4.57 Å². The minimum atomic E-state index is -0.568. The zero-order valence-electron chi connectivity index (χ0n) is 13.3. The molecule has 1 aromatic rings. The third-order valence-corrected chi connectivity index (χ3v) is 2.47. The molecule has 0 aliphatic heterocycles. The van der Waals surface area contributed by atoms with E-state index in [1.54, 1.807) is 27.8 Å². The maximum absolute atomic E-state index is 11.5. The molecule has 0 fully saturated rings. The monoisotopic (exact) mass is 311 g/mol. The molecule has 0 saturated carbocycles. The van der Waals surface area contributed by atoms with E-state index >= 15 is 0 Å². The fourth-order valence-electron chi connectivity index (χ4n) is 1.39. The zero-order valence-corrected chi connectivity index (χ0v) is 13.3. The van der Waals surface area contributed by atoms with Crippen molar-refractivity contribution in [3.63, 3.8) is 0 Å². The number of carbonyl (C=O) groups excluding carboxylic acids is 1. The Hall–Kier alpha value is -2.58. The molecule has 0 spiro atoms. The minimum absolute atomic E-state index is 0.147. The zero-order chi connectivity index (χ0) is 16.9. The first-order valence-corrected chi connectivity index (χ1v) is 6.63. The highest BCUT2D eigenvalue weighted by Gasteiger charge is 2.15. The molecule has 2 N–H and O–H groups in total. The molecule has 1 rings (SSSR count). The largest absolute Gasteiger partial charge is 0.444 e. The maximum Gasteiger partial charge on any atom is 0.407 e. The van der Waals surface area contributed by atoms with Gasteiger partial charge in [0.1, 0.15) is 11.4 Å². The van der Waals surface area contributed by atoms with Crippen molar-refractivity contribution in [1.29, 1.82) is 0 Å². The van der Waals surface area contributed by atoms with Crippen LogP contribution in [-0.2, 0) is 11.8 Å². The molecule has 9 nitrogen and oxygen atoms in total. The summed E-state index contributed by atoms with van der Waals surface area (Å²) in [5.74, 6) is 0.251. The van der Waals surface area contributed by atoms with Crippen molar-refractivity contribution in [3.8, 4) is 0 Å². The Morgan fingerprint density at radius 1 is 1.50 bits per heavy atom. The Balaban J connectivity index is 2.59. The van der Waals surface area contributed by atoms with E-state index < -0.39 is 22.9 Å². The van der Waals surface area contributed by atoms with Crippen LogP contribution in [0.3, 0.4) is 0 Å². The third-order valence-electron chi connectivity index (χ3n) is 2.47. The summed E-state index contributed by atoms with van der Waals surface area (Å²) in [4.78, 5) is 36.9. The highest BCUT2D eigenvalue weighted by atomic mass is 16.6. The van der Waals surface area contributed by atoms with Crippen LogP contribution in [0, 0.1) is 0 Å². The summed E-state index contributed by atoms with van der Waals surface area (Å²) < 4.78 is 6.01. The molecule has 122 valence electrons. The average molecular weight is 311 g/mol. The van der Waals surface area contributed by atoms with Gasteiger partial charge in [0, 0.05) is 26.4 Å². The number of rotatable bonds is 4. The Kier molecular flexibility index (Phi) is 5.50. The summed E-state index contributed by atoms with van der Waals surface area (Å²) in [5.41, 5.74) is -1.54. The van der Waals surface area contributed by atoms with E-state index in [1.807, 2.05) is 0 Å². The molecule has 1 aromatic heterocycles. The van der Waals surface area contributed by atoms with Gasteiger partial charge in [-0.3, -0.25) is 19.4 Å². The van der Waals surface area contributed by atoms with Crippen LogP contribution in [0.1, 0.15) is 20.8 Å². The number of aromatic amines is 1. The van der Waals surface area contributed by atoms with Gasteiger partial charge in [0.15, 0.2) is 0 Å². The van der Waals surface area contributed by atoms with Crippen molar-refractivity contribution in [1.82, 2.24) is 14.9 Å². The summed E-state index contributed by atoms with van der Waals surface area (Å²) >= 11 is 0.